The van der Waals surface area contributed by atoms with Crippen LogP contribution in [0.3, 0.4) is 0 Å². The summed E-state index contributed by atoms with van der Waals surface area (Å²) in [5.74, 6) is -0.0163. The van der Waals surface area contributed by atoms with Crippen molar-refractivity contribution in [2.75, 3.05) is 0 Å². The minimum Gasteiger partial charge on any atom is -0.359 e. The number of amides is 2. The molecule has 0 spiro atoms. The van der Waals surface area contributed by atoms with Gasteiger partial charge in [-0.2, -0.15) is 0 Å². The lowest BCUT2D eigenvalue weighted by Gasteiger charge is -2.17. The molecule has 63 heavy (non-hydrogen) atoms. The van der Waals surface area contributed by atoms with E-state index in [0.29, 0.717) is 12.8 Å². The first-order chi connectivity index (χ1) is 30.2. The molecule has 2 aliphatic heterocycles. The minimum atomic E-state index is -0.123. The Bertz CT molecular complexity index is 2820. The second-order valence-corrected chi connectivity index (χ2v) is 17.4. The predicted octanol–water partition coefficient (Wildman–Crippen LogP) is 12.1. The van der Waals surface area contributed by atoms with Crippen LogP contribution >= 0.6 is 0 Å². The zero-order chi connectivity index (χ0) is 44.7. The van der Waals surface area contributed by atoms with Gasteiger partial charge in [-0.05, 0) is 159 Å². The summed E-state index contributed by atoms with van der Waals surface area (Å²) in [6.07, 6.45) is 5.55. The number of allylic oxidation sites excluding steroid dienone is 4. The number of carbonyl (C=O) groups is 2. The third-order valence-corrected chi connectivity index (χ3v) is 13.3. The van der Waals surface area contributed by atoms with Gasteiger partial charge in [0.05, 0.1) is 36.3 Å². The molecule has 4 N–H and O–H groups in total. The molecule has 0 radical (unpaired) electrons. The zero-order valence-corrected chi connectivity index (χ0v) is 38.2. The Hall–Kier alpha value is -6.80. The molecule has 0 aliphatic carbocycles. The number of aromatic nitrogens is 2. The Balaban J connectivity index is 0.951. The normalized spacial score (nSPS) is 16.4. The van der Waals surface area contributed by atoms with Gasteiger partial charge in [0.1, 0.15) is 0 Å². The van der Waals surface area contributed by atoms with Crippen molar-refractivity contribution in [1.29, 1.82) is 0 Å². The van der Waals surface area contributed by atoms with Crippen molar-refractivity contribution in [2.24, 2.45) is 9.98 Å². The van der Waals surface area contributed by atoms with Gasteiger partial charge in [0.25, 0.3) is 0 Å². The first kappa shape index (κ1) is 42.9. The van der Waals surface area contributed by atoms with Gasteiger partial charge in [0.2, 0.25) is 11.8 Å². The molecule has 8 rings (SSSR count). The number of fused-ring (bicyclic) bond motifs is 2. The summed E-state index contributed by atoms with van der Waals surface area (Å²) in [6.45, 7) is 20.8. The molecule has 6 aromatic rings. The lowest BCUT2D eigenvalue weighted by atomic mass is 9.93. The second kappa shape index (κ2) is 17.5. The van der Waals surface area contributed by atoms with Crippen LogP contribution in [-0.4, -0.2) is 33.2 Å². The highest BCUT2D eigenvalue weighted by Crippen LogP contribution is 2.37. The molecule has 4 aromatic carbocycles. The van der Waals surface area contributed by atoms with E-state index in [-0.39, 0.29) is 23.9 Å². The number of hydrogen-bond donors (Lipinski definition) is 4. The van der Waals surface area contributed by atoms with Gasteiger partial charge in [0.15, 0.2) is 0 Å². The van der Waals surface area contributed by atoms with Gasteiger partial charge in [-0.15, -0.1) is 0 Å². The summed E-state index contributed by atoms with van der Waals surface area (Å²) in [5, 5.41) is 11.1. The van der Waals surface area contributed by atoms with E-state index in [1.807, 2.05) is 64.1 Å². The summed E-state index contributed by atoms with van der Waals surface area (Å²) >= 11 is 0. The quantitative estimate of drug-likeness (QED) is 0.0983. The zero-order valence-electron chi connectivity index (χ0n) is 38.2. The maximum Gasteiger partial charge on any atom is 0.224 e. The number of benzene rings is 4. The third kappa shape index (κ3) is 8.55. The average molecular weight is 835 g/mol. The van der Waals surface area contributed by atoms with Crippen molar-refractivity contribution in [3.05, 3.63) is 175 Å². The molecule has 4 heterocycles. The number of hydrogen-bond acceptors (Lipinski definition) is 4. The van der Waals surface area contributed by atoms with Gasteiger partial charge in [0, 0.05) is 40.6 Å². The van der Waals surface area contributed by atoms with E-state index >= 15 is 0 Å². The molecule has 0 fully saturated rings. The fourth-order valence-electron chi connectivity index (χ4n) is 9.53. The van der Waals surface area contributed by atoms with Crippen molar-refractivity contribution >= 4 is 56.9 Å². The predicted molar refractivity (Wildman–Crippen MR) is 261 cm³/mol. The Morgan fingerprint density at radius 1 is 0.556 bits per heavy atom. The van der Waals surface area contributed by atoms with E-state index in [2.05, 4.69) is 123 Å². The molecule has 320 valence electrons. The van der Waals surface area contributed by atoms with Gasteiger partial charge in [-0.3, -0.25) is 19.6 Å². The number of nitrogens with one attached hydrogen (secondary N) is 4. The summed E-state index contributed by atoms with van der Waals surface area (Å²) in [7, 11) is 0. The summed E-state index contributed by atoms with van der Waals surface area (Å²) in [5.41, 5.74) is 18.8. The number of aliphatic imine (C=N–C) groups is 2. The topological polar surface area (TPSA) is 114 Å². The van der Waals surface area contributed by atoms with Crippen molar-refractivity contribution in [3.8, 4) is 0 Å². The molecule has 2 amide bonds. The van der Waals surface area contributed by atoms with Crippen LogP contribution in [0.15, 0.2) is 129 Å². The molecule has 2 aromatic heterocycles. The van der Waals surface area contributed by atoms with Crippen LogP contribution in [0.5, 0.6) is 0 Å². The maximum atomic E-state index is 13.4. The van der Waals surface area contributed by atoms with E-state index in [1.54, 1.807) is 0 Å². The summed E-state index contributed by atoms with van der Waals surface area (Å²) in [6, 6.07) is 28.8. The second-order valence-electron chi connectivity index (χ2n) is 17.4. The van der Waals surface area contributed by atoms with Crippen LogP contribution in [0.2, 0.25) is 0 Å². The number of aromatic amines is 2. The standard InChI is InChI=1S/C55H58N6O2/c1-30-46(36(7)56-50(30)28-52-32(3)48(38(9)58-52)26-54(62)60-34(5)42-23-15-19-40-17-11-13-21-44(40)42)25-47-31(2)51(57-37(47)8)29-53-33(4)49(39(10)59-53)27-55(63)61-35(6)43-24-16-20-41-18-12-14-22-45(41)43/h11-24,28-29,34-35,58-59H,25-27H2,1-10H3,(H,60,62)(H,61,63)/b50-28-,51-29-/t34-,35-/m1/s1. The molecule has 2 aliphatic rings. The molecular formula is C55H58N6O2. The fourth-order valence-corrected chi connectivity index (χ4v) is 9.53. The average Bonchev–Trinajstić information content (AvgIpc) is 3.88. The molecule has 0 bridgehead atoms. The van der Waals surface area contributed by atoms with E-state index in [1.165, 1.54) is 21.9 Å². The number of carbonyl (C=O) groups excluding carboxylic acids is 2. The van der Waals surface area contributed by atoms with E-state index in [4.69, 9.17) is 9.98 Å². The summed E-state index contributed by atoms with van der Waals surface area (Å²) in [4.78, 5) is 44.1. The lowest BCUT2D eigenvalue weighted by molar-refractivity contribution is -0.121. The van der Waals surface area contributed by atoms with Gasteiger partial charge in [-0.1, -0.05) is 84.9 Å². The molecule has 0 unspecified atom stereocenters. The number of rotatable bonds is 12. The van der Waals surface area contributed by atoms with Gasteiger partial charge in [-0.25, -0.2) is 0 Å². The highest BCUT2D eigenvalue weighted by Gasteiger charge is 2.26. The number of aryl methyl sites for hydroxylation is 2. The van der Waals surface area contributed by atoms with Gasteiger partial charge >= 0.3 is 0 Å². The minimum absolute atomic E-state index is 0.00816. The number of H-pyrrole nitrogens is 2. The van der Waals surface area contributed by atoms with Crippen molar-refractivity contribution < 1.29 is 9.59 Å². The highest BCUT2D eigenvalue weighted by atomic mass is 16.2. The first-order valence-corrected chi connectivity index (χ1v) is 22.0. The Morgan fingerprint density at radius 3 is 1.35 bits per heavy atom. The smallest absolute Gasteiger partial charge is 0.224 e. The summed E-state index contributed by atoms with van der Waals surface area (Å²) < 4.78 is 0. The van der Waals surface area contributed by atoms with Crippen LogP contribution in [0.1, 0.15) is 116 Å². The van der Waals surface area contributed by atoms with Crippen LogP contribution < -0.4 is 10.6 Å². The first-order valence-electron chi connectivity index (χ1n) is 22.0. The van der Waals surface area contributed by atoms with Crippen molar-refractivity contribution in [1.82, 2.24) is 20.6 Å². The fraction of sp³-hybridized carbons (Fsp3) is 0.273. The Labute approximate surface area is 371 Å². The Kier molecular flexibility index (Phi) is 11.9. The van der Waals surface area contributed by atoms with E-state index in [0.717, 1.165) is 107 Å². The Morgan fingerprint density at radius 2 is 0.937 bits per heavy atom. The molecular weight excluding hydrogens is 777 g/mol. The SMILES string of the molecule is CC1=N/C(=C\c2[nH]c(C)c(CC(=O)N[C@H](C)c3cccc4ccccc34)c2C)C(C)=C1CC1=C(C)/C(=C/c2[nH]c(C)c(CC(=O)N[C@H](C)c3cccc4ccccc34)c2C)N=C1C. The van der Waals surface area contributed by atoms with Crippen LogP contribution in [-0.2, 0) is 22.4 Å². The van der Waals surface area contributed by atoms with Crippen LogP contribution in [0.25, 0.3) is 33.7 Å². The molecule has 0 saturated heterocycles. The lowest BCUT2D eigenvalue weighted by Crippen LogP contribution is -2.28. The van der Waals surface area contributed by atoms with Crippen molar-refractivity contribution in [2.45, 2.75) is 101 Å². The molecule has 8 nitrogen and oxygen atoms in total. The molecule has 2 atom stereocenters. The maximum absolute atomic E-state index is 13.4. The largest absolute Gasteiger partial charge is 0.359 e. The monoisotopic (exact) mass is 834 g/mol. The number of nitrogens with zero attached hydrogens (tertiary/aromatic N) is 2. The highest BCUT2D eigenvalue weighted by molar-refractivity contribution is 6.09. The molecule has 8 heteroatoms. The third-order valence-electron chi connectivity index (χ3n) is 13.3. The van der Waals surface area contributed by atoms with Crippen LogP contribution in [0.4, 0.5) is 0 Å². The van der Waals surface area contributed by atoms with Crippen LogP contribution in [0, 0.1) is 27.7 Å². The van der Waals surface area contributed by atoms with Crippen molar-refractivity contribution in [3.63, 3.8) is 0 Å². The molecule has 0 saturated carbocycles. The van der Waals surface area contributed by atoms with E-state index in [9.17, 15) is 9.59 Å². The van der Waals surface area contributed by atoms with E-state index < -0.39 is 0 Å². The van der Waals surface area contributed by atoms with Gasteiger partial charge < -0.3 is 20.6 Å².